The highest BCUT2D eigenvalue weighted by Gasteiger charge is 2.25. The molecule has 5 nitrogen and oxygen atoms in total. The molecule has 1 amide bonds. The summed E-state index contributed by atoms with van der Waals surface area (Å²) in [4.78, 5) is 18.1. The fourth-order valence-corrected chi connectivity index (χ4v) is 2.34. The standard InChI is InChI=1S/C12H18N4O/c1-16(9-4-2-3-5-9)12(17)10-8-14-7-6-11(10)15-13/h6-9H,2-5,13H2,1H3,(H,14,15). The summed E-state index contributed by atoms with van der Waals surface area (Å²) >= 11 is 0. The van der Waals surface area contributed by atoms with E-state index in [-0.39, 0.29) is 5.91 Å². The second kappa shape index (κ2) is 5.14. The number of hydrogen-bond acceptors (Lipinski definition) is 4. The Morgan fingerprint density at radius 1 is 1.53 bits per heavy atom. The molecular formula is C12H18N4O. The molecule has 1 fully saturated rings. The Kier molecular flexibility index (Phi) is 3.58. The van der Waals surface area contributed by atoms with Gasteiger partial charge < -0.3 is 10.3 Å². The third-order valence-electron chi connectivity index (χ3n) is 3.40. The molecule has 0 bridgehead atoms. The highest BCUT2D eigenvalue weighted by Crippen LogP contribution is 2.24. The molecule has 2 rings (SSSR count). The van der Waals surface area contributed by atoms with Crippen molar-refractivity contribution >= 4 is 11.6 Å². The second-order valence-corrected chi connectivity index (χ2v) is 4.42. The molecule has 1 heterocycles. The Morgan fingerprint density at radius 2 is 2.24 bits per heavy atom. The number of nitrogens with one attached hydrogen (secondary N) is 1. The molecule has 0 spiro atoms. The third-order valence-corrected chi connectivity index (χ3v) is 3.40. The number of hydrogen-bond donors (Lipinski definition) is 2. The maximum Gasteiger partial charge on any atom is 0.257 e. The first-order valence-corrected chi connectivity index (χ1v) is 5.92. The fraction of sp³-hybridized carbons (Fsp3) is 0.500. The van der Waals surface area contributed by atoms with Crippen molar-refractivity contribution in [1.82, 2.24) is 9.88 Å². The van der Waals surface area contributed by atoms with Crippen molar-refractivity contribution in [2.45, 2.75) is 31.7 Å². The van der Waals surface area contributed by atoms with Crippen LogP contribution in [0.5, 0.6) is 0 Å². The molecule has 1 aliphatic rings. The number of nitrogens with two attached hydrogens (primary N) is 1. The van der Waals surface area contributed by atoms with Crippen LogP contribution in [0.3, 0.4) is 0 Å². The van der Waals surface area contributed by atoms with E-state index in [1.807, 2.05) is 11.9 Å². The van der Waals surface area contributed by atoms with Crippen molar-refractivity contribution in [3.8, 4) is 0 Å². The van der Waals surface area contributed by atoms with Gasteiger partial charge in [-0.1, -0.05) is 12.8 Å². The smallest absolute Gasteiger partial charge is 0.257 e. The Balaban J connectivity index is 2.18. The van der Waals surface area contributed by atoms with Gasteiger partial charge in [0.05, 0.1) is 11.3 Å². The minimum atomic E-state index is -0.0158. The summed E-state index contributed by atoms with van der Waals surface area (Å²) in [5.74, 6) is 5.38. The summed E-state index contributed by atoms with van der Waals surface area (Å²) in [6.45, 7) is 0. The van der Waals surface area contributed by atoms with Crippen LogP contribution in [0.25, 0.3) is 0 Å². The van der Waals surface area contributed by atoms with Crippen LogP contribution < -0.4 is 11.3 Å². The molecule has 0 atom stereocenters. The van der Waals surface area contributed by atoms with E-state index in [1.165, 1.54) is 12.8 Å². The maximum absolute atomic E-state index is 12.3. The van der Waals surface area contributed by atoms with Gasteiger partial charge in [-0.05, 0) is 18.9 Å². The molecular weight excluding hydrogens is 216 g/mol. The van der Waals surface area contributed by atoms with Crippen LogP contribution in [0.1, 0.15) is 36.0 Å². The summed E-state index contributed by atoms with van der Waals surface area (Å²) in [5.41, 5.74) is 3.69. The molecule has 1 saturated carbocycles. The minimum absolute atomic E-state index is 0.0158. The number of hydrazine groups is 1. The molecule has 1 aromatic heterocycles. The zero-order chi connectivity index (χ0) is 12.3. The summed E-state index contributed by atoms with van der Waals surface area (Å²) in [5, 5.41) is 0. The van der Waals surface area contributed by atoms with Crippen LogP contribution >= 0.6 is 0 Å². The fourth-order valence-electron chi connectivity index (χ4n) is 2.34. The van der Waals surface area contributed by atoms with Crippen molar-refractivity contribution in [1.29, 1.82) is 0 Å². The van der Waals surface area contributed by atoms with Crippen LogP contribution in [0.4, 0.5) is 5.69 Å². The minimum Gasteiger partial charge on any atom is -0.339 e. The Morgan fingerprint density at radius 3 is 2.88 bits per heavy atom. The van der Waals surface area contributed by atoms with Crippen LogP contribution in [0.2, 0.25) is 0 Å². The number of carbonyl (C=O) groups is 1. The van der Waals surface area contributed by atoms with E-state index in [4.69, 9.17) is 5.84 Å². The molecule has 0 radical (unpaired) electrons. The number of amides is 1. The van der Waals surface area contributed by atoms with Gasteiger partial charge in [-0.15, -0.1) is 0 Å². The van der Waals surface area contributed by atoms with E-state index < -0.39 is 0 Å². The number of rotatable bonds is 3. The number of anilines is 1. The Bertz CT molecular complexity index is 401. The maximum atomic E-state index is 12.3. The lowest BCUT2D eigenvalue weighted by Gasteiger charge is -2.25. The van der Waals surface area contributed by atoms with E-state index in [2.05, 4.69) is 10.4 Å². The second-order valence-electron chi connectivity index (χ2n) is 4.42. The third kappa shape index (κ3) is 2.39. The van der Waals surface area contributed by atoms with E-state index in [0.29, 0.717) is 17.3 Å². The van der Waals surface area contributed by atoms with Gasteiger partial charge in [-0.3, -0.25) is 15.6 Å². The molecule has 1 aromatic rings. The van der Waals surface area contributed by atoms with Crippen molar-refractivity contribution in [2.24, 2.45) is 5.84 Å². The average Bonchev–Trinajstić information content (AvgIpc) is 2.90. The highest BCUT2D eigenvalue weighted by molar-refractivity contribution is 5.99. The van der Waals surface area contributed by atoms with Gasteiger partial charge in [0.25, 0.3) is 5.91 Å². The molecule has 0 unspecified atom stereocenters. The molecule has 92 valence electrons. The van der Waals surface area contributed by atoms with Crippen LogP contribution in [0, 0.1) is 0 Å². The number of carbonyl (C=O) groups excluding carboxylic acids is 1. The first-order chi connectivity index (χ1) is 8.24. The number of aromatic nitrogens is 1. The van der Waals surface area contributed by atoms with Gasteiger partial charge in [-0.2, -0.15) is 0 Å². The quantitative estimate of drug-likeness (QED) is 0.612. The van der Waals surface area contributed by atoms with E-state index in [0.717, 1.165) is 12.8 Å². The van der Waals surface area contributed by atoms with Gasteiger partial charge in [-0.25, -0.2) is 0 Å². The van der Waals surface area contributed by atoms with Crippen molar-refractivity contribution in [3.05, 3.63) is 24.0 Å². The lowest BCUT2D eigenvalue weighted by Crippen LogP contribution is -2.35. The van der Waals surface area contributed by atoms with Crippen molar-refractivity contribution in [2.75, 3.05) is 12.5 Å². The first-order valence-electron chi connectivity index (χ1n) is 5.92. The summed E-state index contributed by atoms with van der Waals surface area (Å²) in [6, 6.07) is 2.06. The Labute approximate surface area is 101 Å². The van der Waals surface area contributed by atoms with E-state index in [9.17, 15) is 4.79 Å². The molecule has 1 aliphatic carbocycles. The molecule has 0 aliphatic heterocycles. The van der Waals surface area contributed by atoms with E-state index >= 15 is 0 Å². The average molecular weight is 234 g/mol. The van der Waals surface area contributed by atoms with Crippen LogP contribution in [-0.4, -0.2) is 28.9 Å². The normalized spacial score (nSPS) is 15.9. The van der Waals surface area contributed by atoms with Crippen molar-refractivity contribution < 1.29 is 4.79 Å². The Hall–Kier alpha value is -1.62. The SMILES string of the molecule is CN(C(=O)c1cnccc1NN)C1CCCC1. The highest BCUT2D eigenvalue weighted by atomic mass is 16.2. The topological polar surface area (TPSA) is 71.2 Å². The van der Waals surface area contributed by atoms with Gasteiger partial charge in [0.15, 0.2) is 0 Å². The molecule has 3 N–H and O–H groups in total. The zero-order valence-electron chi connectivity index (χ0n) is 10.0. The number of nitrogens with zero attached hydrogens (tertiary/aromatic N) is 2. The summed E-state index contributed by atoms with van der Waals surface area (Å²) in [7, 11) is 1.85. The predicted molar refractivity (Wildman–Crippen MR) is 66.4 cm³/mol. The number of nitrogen functional groups attached to an aromatic ring is 1. The molecule has 17 heavy (non-hydrogen) atoms. The van der Waals surface area contributed by atoms with Crippen LogP contribution in [-0.2, 0) is 0 Å². The molecule has 0 aromatic carbocycles. The van der Waals surface area contributed by atoms with E-state index in [1.54, 1.807) is 18.5 Å². The zero-order valence-corrected chi connectivity index (χ0v) is 10.0. The monoisotopic (exact) mass is 234 g/mol. The van der Waals surface area contributed by atoms with Gasteiger partial charge in [0, 0.05) is 25.5 Å². The van der Waals surface area contributed by atoms with Crippen LogP contribution in [0.15, 0.2) is 18.5 Å². The largest absolute Gasteiger partial charge is 0.339 e. The van der Waals surface area contributed by atoms with Gasteiger partial charge in [0.1, 0.15) is 0 Å². The predicted octanol–water partition coefficient (Wildman–Crippen LogP) is 1.38. The number of pyridine rings is 1. The first kappa shape index (κ1) is 11.9. The van der Waals surface area contributed by atoms with Gasteiger partial charge >= 0.3 is 0 Å². The van der Waals surface area contributed by atoms with Gasteiger partial charge in [0.2, 0.25) is 0 Å². The molecule has 5 heteroatoms. The van der Waals surface area contributed by atoms with Crippen molar-refractivity contribution in [3.63, 3.8) is 0 Å². The molecule has 0 saturated heterocycles. The lowest BCUT2D eigenvalue weighted by atomic mass is 10.1. The lowest BCUT2D eigenvalue weighted by molar-refractivity contribution is 0.0735. The summed E-state index contributed by atoms with van der Waals surface area (Å²) < 4.78 is 0. The summed E-state index contributed by atoms with van der Waals surface area (Å²) in [6.07, 6.45) is 7.76.